The van der Waals surface area contributed by atoms with E-state index in [9.17, 15) is 14.9 Å². The van der Waals surface area contributed by atoms with Gasteiger partial charge in [0, 0.05) is 12.1 Å². The molecule has 24 heavy (non-hydrogen) atoms. The molecule has 0 bridgehead atoms. The number of nitrogens with zero attached hydrogens (tertiary/aromatic N) is 2. The van der Waals surface area contributed by atoms with Gasteiger partial charge in [-0.3, -0.25) is 14.9 Å². The van der Waals surface area contributed by atoms with Gasteiger partial charge in [0.25, 0.3) is 5.69 Å². The maximum Gasteiger partial charge on any atom is 0.269 e. The Bertz CT molecular complexity index is 835. The van der Waals surface area contributed by atoms with Crippen LogP contribution in [0.5, 0.6) is 0 Å². The molecule has 1 atom stereocenters. The van der Waals surface area contributed by atoms with Crippen molar-refractivity contribution in [1.82, 2.24) is 5.32 Å². The van der Waals surface area contributed by atoms with Crippen LogP contribution in [0.25, 0.3) is 0 Å². The van der Waals surface area contributed by atoms with Crippen LogP contribution >= 0.6 is 11.8 Å². The Labute approximate surface area is 143 Å². The number of hydrogen-bond donors (Lipinski definition) is 1. The molecule has 2 aromatic carbocycles. The number of hydrogen-bond acceptors (Lipinski definition) is 5. The molecule has 0 radical (unpaired) electrons. The fraction of sp³-hybridized carbons (Fsp3) is 0.176. The first-order chi connectivity index (χ1) is 11.5. The molecule has 0 aromatic heterocycles. The van der Waals surface area contributed by atoms with Crippen LogP contribution in [0.1, 0.15) is 11.1 Å². The molecule has 3 rings (SSSR count). The lowest BCUT2D eigenvalue weighted by Crippen LogP contribution is -2.25. The van der Waals surface area contributed by atoms with Gasteiger partial charge in [0.15, 0.2) is 5.17 Å². The molecular formula is C17H15N3O3S. The zero-order valence-corrected chi connectivity index (χ0v) is 13.7. The summed E-state index contributed by atoms with van der Waals surface area (Å²) >= 11 is 1.35. The van der Waals surface area contributed by atoms with E-state index in [0.717, 1.165) is 16.8 Å². The highest BCUT2D eigenvalue weighted by Crippen LogP contribution is 2.27. The molecule has 122 valence electrons. The van der Waals surface area contributed by atoms with Gasteiger partial charge in [0.05, 0.1) is 15.9 Å². The highest BCUT2D eigenvalue weighted by atomic mass is 32.2. The molecule has 1 fully saturated rings. The quantitative estimate of drug-likeness (QED) is 0.682. The molecule has 0 unspecified atom stereocenters. The van der Waals surface area contributed by atoms with Crippen LogP contribution in [-0.4, -0.2) is 21.2 Å². The highest BCUT2D eigenvalue weighted by molar-refractivity contribution is 8.15. The molecule has 7 heteroatoms. The average molecular weight is 341 g/mol. The number of benzene rings is 2. The summed E-state index contributed by atoms with van der Waals surface area (Å²) in [6.45, 7) is 1.98. The lowest BCUT2D eigenvalue weighted by Gasteiger charge is -2.05. The summed E-state index contributed by atoms with van der Waals surface area (Å²) in [6.07, 6.45) is 0.422. The summed E-state index contributed by atoms with van der Waals surface area (Å²) in [5.41, 5.74) is 2.67. The highest BCUT2D eigenvalue weighted by Gasteiger charge is 2.30. The number of carbonyl (C=O) groups is 1. The topological polar surface area (TPSA) is 84.6 Å². The van der Waals surface area contributed by atoms with Gasteiger partial charge in [-0.25, -0.2) is 4.99 Å². The van der Waals surface area contributed by atoms with Gasteiger partial charge >= 0.3 is 0 Å². The van der Waals surface area contributed by atoms with E-state index in [1.54, 1.807) is 12.1 Å². The van der Waals surface area contributed by atoms with Crippen LogP contribution in [0, 0.1) is 17.0 Å². The van der Waals surface area contributed by atoms with Gasteiger partial charge in [0.2, 0.25) is 5.91 Å². The molecule has 0 aliphatic carbocycles. The van der Waals surface area contributed by atoms with E-state index >= 15 is 0 Å². The molecule has 1 N–H and O–H groups in total. The van der Waals surface area contributed by atoms with Crippen LogP contribution in [0.4, 0.5) is 11.4 Å². The van der Waals surface area contributed by atoms with Crippen molar-refractivity contribution in [3.05, 3.63) is 69.8 Å². The van der Waals surface area contributed by atoms with Gasteiger partial charge in [0.1, 0.15) is 0 Å². The van der Waals surface area contributed by atoms with E-state index < -0.39 is 4.92 Å². The van der Waals surface area contributed by atoms with Crippen molar-refractivity contribution < 1.29 is 9.72 Å². The van der Waals surface area contributed by atoms with E-state index in [0.29, 0.717) is 11.6 Å². The lowest BCUT2D eigenvalue weighted by atomic mass is 10.1. The third-order valence-corrected chi connectivity index (χ3v) is 4.63. The Morgan fingerprint density at radius 3 is 2.79 bits per heavy atom. The normalized spacial score (nSPS) is 18.6. The Hall–Kier alpha value is -2.67. The van der Waals surface area contributed by atoms with E-state index in [4.69, 9.17) is 0 Å². The number of aliphatic imine (C=N–C) groups is 1. The molecule has 6 nitrogen and oxygen atoms in total. The Kier molecular flexibility index (Phi) is 4.61. The molecule has 0 spiro atoms. The molecule has 2 aromatic rings. The number of rotatable bonds is 4. The minimum absolute atomic E-state index is 0.0320. The number of non-ortho nitro benzene ring substituents is 1. The number of nitro benzene ring substituents is 1. The number of amides is 1. The zero-order valence-electron chi connectivity index (χ0n) is 12.9. The predicted octanol–water partition coefficient (Wildman–Crippen LogP) is 3.37. The first-order valence-electron chi connectivity index (χ1n) is 7.37. The molecule has 1 aliphatic heterocycles. The molecule has 1 aliphatic rings. The third kappa shape index (κ3) is 3.80. The molecule has 1 heterocycles. The minimum atomic E-state index is -0.435. The SMILES string of the molecule is Cc1cccc(N=C2NC(=O)[C@H](Cc3cccc([N+](=O)[O-])c3)S2)c1. The number of aryl methyl sites for hydroxylation is 1. The van der Waals surface area contributed by atoms with Crippen molar-refractivity contribution in [2.24, 2.45) is 4.99 Å². The van der Waals surface area contributed by atoms with Crippen molar-refractivity contribution >= 4 is 34.2 Å². The smallest absolute Gasteiger partial charge is 0.269 e. The number of thioether (sulfide) groups is 1. The Balaban J connectivity index is 1.73. The number of amidine groups is 1. The lowest BCUT2D eigenvalue weighted by molar-refractivity contribution is -0.384. The predicted molar refractivity (Wildman–Crippen MR) is 94.6 cm³/mol. The van der Waals surface area contributed by atoms with E-state index in [2.05, 4.69) is 10.3 Å². The Morgan fingerprint density at radius 2 is 2.04 bits per heavy atom. The van der Waals surface area contributed by atoms with Crippen LogP contribution < -0.4 is 5.32 Å². The average Bonchev–Trinajstić information content (AvgIpc) is 2.87. The molecule has 1 saturated heterocycles. The second kappa shape index (κ2) is 6.84. The second-order valence-electron chi connectivity index (χ2n) is 5.48. The van der Waals surface area contributed by atoms with Gasteiger partial charge in [-0.2, -0.15) is 0 Å². The molecule has 1 amide bonds. The summed E-state index contributed by atoms with van der Waals surface area (Å²) in [4.78, 5) is 27.0. The van der Waals surface area contributed by atoms with Crippen molar-refractivity contribution in [3.63, 3.8) is 0 Å². The van der Waals surface area contributed by atoms with Crippen LogP contribution in [0.2, 0.25) is 0 Å². The number of carbonyl (C=O) groups excluding carboxylic acids is 1. The van der Waals surface area contributed by atoms with Crippen molar-refractivity contribution in [2.75, 3.05) is 0 Å². The monoisotopic (exact) mass is 341 g/mol. The fourth-order valence-electron chi connectivity index (χ4n) is 2.42. The zero-order chi connectivity index (χ0) is 17.1. The first kappa shape index (κ1) is 16.2. The second-order valence-corrected chi connectivity index (χ2v) is 6.67. The summed E-state index contributed by atoms with van der Waals surface area (Å²) in [6, 6.07) is 14.1. The maximum absolute atomic E-state index is 12.1. The number of nitrogens with one attached hydrogen (secondary N) is 1. The first-order valence-corrected chi connectivity index (χ1v) is 8.25. The Morgan fingerprint density at radius 1 is 1.25 bits per heavy atom. The van der Waals surface area contributed by atoms with E-state index in [-0.39, 0.29) is 16.8 Å². The van der Waals surface area contributed by atoms with Gasteiger partial charge in [-0.1, -0.05) is 36.0 Å². The van der Waals surface area contributed by atoms with Gasteiger partial charge in [-0.05, 0) is 36.6 Å². The molecule has 0 saturated carbocycles. The fourth-order valence-corrected chi connectivity index (χ4v) is 3.45. The summed E-state index contributed by atoms with van der Waals surface area (Å²) in [7, 11) is 0. The van der Waals surface area contributed by atoms with Crippen molar-refractivity contribution in [1.29, 1.82) is 0 Å². The van der Waals surface area contributed by atoms with E-state index in [1.165, 1.54) is 23.9 Å². The maximum atomic E-state index is 12.1. The molecular weight excluding hydrogens is 326 g/mol. The number of nitro groups is 1. The third-order valence-electron chi connectivity index (χ3n) is 3.55. The summed E-state index contributed by atoms with van der Waals surface area (Å²) in [5, 5.41) is 13.8. The minimum Gasteiger partial charge on any atom is -0.304 e. The summed E-state index contributed by atoms with van der Waals surface area (Å²) < 4.78 is 0. The van der Waals surface area contributed by atoms with Gasteiger partial charge in [-0.15, -0.1) is 0 Å². The van der Waals surface area contributed by atoms with E-state index in [1.807, 2.05) is 31.2 Å². The van der Waals surface area contributed by atoms with Crippen molar-refractivity contribution in [2.45, 2.75) is 18.6 Å². The van der Waals surface area contributed by atoms with Gasteiger partial charge < -0.3 is 5.32 Å². The van der Waals surface area contributed by atoms with Crippen LogP contribution in [0.15, 0.2) is 53.5 Å². The largest absolute Gasteiger partial charge is 0.304 e. The van der Waals surface area contributed by atoms with Crippen LogP contribution in [-0.2, 0) is 11.2 Å². The van der Waals surface area contributed by atoms with Crippen LogP contribution in [0.3, 0.4) is 0 Å². The summed E-state index contributed by atoms with van der Waals surface area (Å²) in [5.74, 6) is -0.127. The standard InChI is InChI=1S/C17H15N3O3S/c1-11-4-2-6-13(8-11)18-17-19-16(21)15(24-17)10-12-5-3-7-14(9-12)20(22)23/h2-9,15H,10H2,1H3,(H,18,19,21)/t15-/m0/s1. The van der Waals surface area contributed by atoms with Crippen molar-refractivity contribution in [3.8, 4) is 0 Å².